The molecule has 2 rings (SSSR count). The van der Waals surface area contributed by atoms with Crippen molar-refractivity contribution < 1.29 is 4.39 Å². The first-order chi connectivity index (χ1) is 9.85. The van der Waals surface area contributed by atoms with E-state index in [4.69, 9.17) is 0 Å². The number of halogens is 1. The number of aromatic nitrogens is 2. The zero-order valence-corrected chi connectivity index (χ0v) is 12.9. The van der Waals surface area contributed by atoms with Crippen LogP contribution in [0.4, 0.5) is 15.9 Å². The molecule has 0 atom stereocenters. The lowest BCUT2D eigenvalue weighted by Crippen LogP contribution is -2.35. The first kappa shape index (κ1) is 15.4. The van der Waals surface area contributed by atoms with Crippen molar-refractivity contribution in [2.45, 2.75) is 39.8 Å². The standard InChI is InChI=1S/C16H21FN4/c1-11-9-13(6-8-18-11)21-15-14(17)12(5-7-19-15)10-20-16(2,3)4/h5-9,20H,10H2,1-4H3,(H,18,19,21). The third-order valence-corrected chi connectivity index (χ3v) is 2.94. The van der Waals surface area contributed by atoms with Crippen LogP contribution in [-0.4, -0.2) is 15.5 Å². The van der Waals surface area contributed by atoms with Gasteiger partial charge in [0, 0.05) is 41.4 Å². The number of anilines is 2. The Morgan fingerprint density at radius 3 is 2.52 bits per heavy atom. The summed E-state index contributed by atoms with van der Waals surface area (Å²) in [6.45, 7) is 8.49. The van der Waals surface area contributed by atoms with Crippen LogP contribution in [0.15, 0.2) is 30.6 Å². The van der Waals surface area contributed by atoms with Crippen molar-refractivity contribution in [1.82, 2.24) is 15.3 Å². The van der Waals surface area contributed by atoms with Crippen molar-refractivity contribution in [3.63, 3.8) is 0 Å². The molecule has 0 amide bonds. The molecule has 0 saturated carbocycles. The van der Waals surface area contributed by atoms with Crippen molar-refractivity contribution in [2.24, 2.45) is 0 Å². The zero-order chi connectivity index (χ0) is 15.5. The Balaban J connectivity index is 2.17. The average Bonchev–Trinajstić information content (AvgIpc) is 2.39. The Hall–Kier alpha value is -2.01. The SMILES string of the molecule is Cc1cc(Nc2nccc(CNC(C)(C)C)c2F)ccn1. The second kappa shape index (κ2) is 6.18. The molecule has 0 aliphatic rings. The molecule has 0 fully saturated rings. The van der Waals surface area contributed by atoms with E-state index in [-0.39, 0.29) is 17.2 Å². The molecule has 2 aromatic rings. The molecule has 2 heterocycles. The number of rotatable bonds is 4. The van der Waals surface area contributed by atoms with Gasteiger partial charge in [0.2, 0.25) is 0 Å². The molecule has 2 N–H and O–H groups in total. The van der Waals surface area contributed by atoms with E-state index >= 15 is 0 Å². The molecule has 112 valence electrons. The minimum Gasteiger partial charge on any atom is -0.338 e. The van der Waals surface area contributed by atoms with E-state index in [9.17, 15) is 4.39 Å². The summed E-state index contributed by atoms with van der Waals surface area (Å²) in [6, 6.07) is 5.33. The highest BCUT2D eigenvalue weighted by Crippen LogP contribution is 2.20. The summed E-state index contributed by atoms with van der Waals surface area (Å²) in [5, 5.41) is 6.27. The van der Waals surface area contributed by atoms with Gasteiger partial charge in [0.25, 0.3) is 0 Å². The highest BCUT2D eigenvalue weighted by Gasteiger charge is 2.13. The Morgan fingerprint density at radius 1 is 1.14 bits per heavy atom. The summed E-state index contributed by atoms with van der Waals surface area (Å²) < 4.78 is 14.5. The van der Waals surface area contributed by atoms with Gasteiger partial charge in [0.05, 0.1) is 0 Å². The summed E-state index contributed by atoms with van der Waals surface area (Å²) in [7, 11) is 0. The van der Waals surface area contributed by atoms with Gasteiger partial charge in [0.1, 0.15) is 0 Å². The van der Waals surface area contributed by atoms with Crippen LogP contribution in [0.5, 0.6) is 0 Å². The fourth-order valence-corrected chi connectivity index (χ4v) is 1.83. The predicted molar refractivity (Wildman–Crippen MR) is 83.0 cm³/mol. The predicted octanol–water partition coefficient (Wildman–Crippen LogP) is 3.56. The number of hydrogen-bond donors (Lipinski definition) is 2. The lowest BCUT2D eigenvalue weighted by Gasteiger charge is -2.21. The molecule has 2 aromatic heterocycles. The lowest BCUT2D eigenvalue weighted by atomic mass is 10.1. The number of nitrogens with zero attached hydrogens (tertiary/aromatic N) is 2. The van der Waals surface area contributed by atoms with Gasteiger partial charge < -0.3 is 10.6 Å². The maximum atomic E-state index is 14.5. The highest BCUT2D eigenvalue weighted by molar-refractivity contribution is 5.57. The van der Waals surface area contributed by atoms with Crippen LogP contribution in [-0.2, 0) is 6.54 Å². The average molecular weight is 288 g/mol. The van der Waals surface area contributed by atoms with Crippen molar-refractivity contribution in [3.05, 3.63) is 47.7 Å². The van der Waals surface area contributed by atoms with Crippen molar-refractivity contribution in [1.29, 1.82) is 0 Å². The fourth-order valence-electron chi connectivity index (χ4n) is 1.83. The van der Waals surface area contributed by atoms with Crippen LogP contribution in [0.25, 0.3) is 0 Å². The van der Waals surface area contributed by atoms with Crippen molar-refractivity contribution in [2.75, 3.05) is 5.32 Å². The van der Waals surface area contributed by atoms with Gasteiger partial charge in [0.15, 0.2) is 11.6 Å². The summed E-state index contributed by atoms with van der Waals surface area (Å²) >= 11 is 0. The van der Waals surface area contributed by atoms with Crippen LogP contribution in [0.2, 0.25) is 0 Å². The molecule has 0 spiro atoms. The molecule has 21 heavy (non-hydrogen) atoms. The monoisotopic (exact) mass is 288 g/mol. The van der Waals surface area contributed by atoms with E-state index < -0.39 is 0 Å². The van der Waals surface area contributed by atoms with Crippen LogP contribution >= 0.6 is 0 Å². The molecule has 4 nitrogen and oxygen atoms in total. The van der Waals surface area contributed by atoms with Crippen LogP contribution in [0.3, 0.4) is 0 Å². The van der Waals surface area contributed by atoms with Gasteiger partial charge >= 0.3 is 0 Å². The van der Waals surface area contributed by atoms with Crippen molar-refractivity contribution in [3.8, 4) is 0 Å². The number of nitrogens with one attached hydrogen (secondary N) is 2. The quantitative estimate of drug-likeness (QED) is 0.903. The van der Waals surface area contributed by atoms with Gasteiger partial charge in [-0.3, -0.25) is 4.98 Å². The van der Waals surface area contributed by atoms with Gasteiger partial charge in [-0.05, 0) is 45.9 Å². The molecule has 0 aliphatic carbocycles. The zero-order valence-electron chi connectivity index (χ0n) is 12.9. The summed E-state index contributed by atoms with van der Waals surface area (Å²) in [5.74, 6) is -0.0995. The van der Waals surface area contributed by atoms with Crippen LogP contribution in [0.1, 0.15) is 32.0 Å². The molecule has 0 aromatic carbocycles. The molecule has 0 aliphatic heterocycles. The Morgan fingerprint density at radius 2 is 1.86 bits per heavy atom. The Labute approximate surface area is 124 Å². The second-order valence-corrected chi connectivity index (χ2v) is 6.05. The molecule has 5 heteroatoms. The molecule has 0 bridgehead atoms. The van der Waals surface area contributed by atoms with E-state index in [1.54, 1.807) is 24.5 Å². The third-order valence-electron chi connectivity index (χ3n) is 2.94. The maximum Gasteiger partial charge on any atom is 0.170 e. The lowest BCUT2D eigenvalue weighted by molar-refractivity contribution is 0.418. The minimum atomic E-state index is -0.330. The normalized spacial score (nSPS) is 11.5. The van der Waals surface area contributed by atoms with E-state index in [1.807, 2.05) is 33.8 Å². The number of pyridine rings is 2. The second-order valence-electron chi connectivity index (χ2n) is 6.05. The van der Waals surface area contributed by atoms with Gasteiger partial charge in [-0.15, -0.1) is 0 Å². The number of aryl methyl sites for hydroxylation is 1. The Kier molecular flexibility index (Phi) is 4.53. The highest BCUT2D eigenvalue weighted by atomic mass is 19.1. The first-order valence-corrected chi connectivity index (χ1v) is 6.93. The van der Waals surface area contributed by atoms with Gasteiger partial charge in [-0.25, -0.2) is 9.37 Å². The van der Waals surface area contributed by atoms with E-state index in [0.717, 1.165) is 11.4 Å². The fraction of sp³-hybridized carbons (Fsp3) is 0.375. The summed E-state index contributed by atoms with van der Waals surface area (Å²) in [5.41, 5.74) is 2.17. The van der Waals surface area contributed by atoms with E-state index in [2.05, 4.69) is 20.6 Å². The molecular weight excluding hydrogens is 267 g/mol. The largest absolute Gasteiger partial charge is 0.338 e. The van der Waals surface area contributed by atoms with Gasteiger partial charge in [-0.1, -0.05) is 0 Å². The summed E-state index contributed by atoms with van der Waals surface area (Å²) in [4.78, 5) is 8.19. The Bertz CT molecular complexity index is 620. The maximum absolute atomic E-state index is 14.5. The van der Waals surface area contributed by atoms with Crippen molar-refractivity contribution >= 4 is 11.5 Å². The molecular formula is C16H21FN4. The van der Waals surface area contributed by atoms with Crippen LogP contribution < -0.4 is 10.6 Å². The molecule has 0 radical (unpaired) electrons. The van der Waals surface area contributed by atoms with Gasteiger partial charge in [-0.2, -0.15) is 0 Å². The third kappa shape index (κ3) is 4.49. The molecule has 0 saturated heterocycles. The van der Waals surface area contributed by atoms with E-state index in [0.29, 0.717) is 12.1 Å². The summed E-state index contributed by atoms with van der Waals surface area (Å²) in [6.07, 6.45) is 3.29. The van der Waals surface area contributed by atoms with Crippen LogP contribution in [0, 0.1) is 12.7 Å². The first-order valence-electron chi connectivity index (χ1n) is 6.93. The number of hydrogen-bond acceptors (Lipinski definition) is 4. The smallest absolute Gasteiger partial charge is 0.170 e. The van der Waals surface area contributed by atoms with E-state index in [1.165, 1.54) is 0 Å². The molecule has 0 unspecified atom stereocenters. The topological polar surface area (TPSA) is 49.8 Å². The minimum absolute atomic E-state index is 0.0640.